The number of allylic oxidation sites excluding steroid dienone is 1. The predicted molar refractivity (Wildman–Crippen MR) is 236 cm³/mol. The van der Waals surface area contributed by atoms with Crippen LogP contribution in [0.5, 0.6) is 0 Å². The number of piperidine rings is 1. The number of rotatable bonds is 18. The Kier molecular flexibility index (Phi) is 15.5. The van der Waals surface area contributed by atoms with E-state index in [2.05, 4.69) is 24.8 Å². The molecule has 1 amide bonds. The summed E-state index contributed by atoms with van der Waals surface area (Å²) in [6.07, 6.45) is 10.6. The molecule has 3 aliphatic rings. The Bertz CT molecular complexity index is 2360. The van der Waals surface area contributed by atoms with E-state index in [0.29, 0.717) is 19.6 Å². The van der Waals surface area contributed by atoms with Gasteiger partial charge in [-0.3, -0.25) is 9.89 Å². The Balaban J connectivity index is 1.14. The van der Waals surface area contributed by atoms with E-state index in [1.54, 1.807) is 32.4 Å². The van der Waals surface area contributed by atoms with Crippen LogP contribution in [-0.2, 0) is 42.9 Å². The minimum Gasteiger partial charge on any atom is -0.453 e. The lowest BCUT2D eigenvalue weighted by molar-refractivity contribution is 0.0166. The van der Waals surface area contributed by atoms with E-state index in [4.69, 9.17) is 10.5 Å². The van der Waals surface area contributed by atoms with Gasteiger partial charge in [0, 0.05) is 86.8 Å². The molecule has 2 aromatic carbocycles. The second-order valence-corrected chi connectivity index (χ2v) is 21.8. The lowest BCUT2D eigenvalue weighted by atomic mass is 9.58. The van der Waals surface area contributed by atoms with Crippen molar-refractivity contribution >= 4 is 32.0 Å². The van der Waals surface area contributed by atoms with Gasteiger partial charge in [0.2, 0.25) is 9.84 Å². The first kappa shape index (κ1) is 48.2. The zero-order valence-corrected chi connectivity index (χ0v) is 38.4. The van der Waals surface area contributed by atoms with Crippen LogP contribution in [-0.4, -0.2) is 138 Å². The van der Waals surface area contributed by atoms with E-state index >= 15 is 4.39 Å². The number of aryl methyl sites for hydroxylation is 1. The number of alkyl carbamates (subject to hydrolysis) is 1. The van der Waals surface area contributed by atoms with Gasteiger partial charge in [-0.25, -0.2) is 39.8 Å². The number of aromatic nitrogens is 2. The average Bonchev–Trinajstić information content (AvgIpc) is 3.85. The molecule has 3 fully saturated rings. The molecule has 1 saturated carbocycles. The number of ether oxygens (including phenoxy) is 1. The number of halogens is 3. The van der Waals surface area contributed by atoms with Crippen LogP contribution >= 0.6 is 0 Å². The number of nitrogens with zero attached hydrogens (tertiary/aromatic N) is 6. The van der Waals surface area contributed by atoms with Crippen LogP contribution in [0.1, 0.15) is 49.1 Å². The second kappa shape index (κ2) is 20.3. The zero-order chi connectivity index (χ0) is 45.7. The van der Waals surface area contributed by atoms with Crippen molar-refractivity contribution in [1.82, 2.24) is 29.6 Å². The van der Waals surface area contributed by atoms with Crippen molar-refractivity contribution in [2.24, 2.45) is 28.5 Å². The van der Waals surface area contributed by atoms with Crippen LogP contribution in [0.3, 0.4) is 0 Å². The van der Waals surface area contributed by atoms with E-state index in [9.17, 15) is 30.4 Å². The number of nitrogens with two attached hydrogens (primary N) is 1. The van der Waals surface area contributed by atoms with Gasteiger partial charge in [-0.05, 0) is 107 Å². The van der Waals surface area contributed by atoms with Gasteiger partial charge >= 0.3 is 6.09 Å². The van der Waals surface area contributed by atoms with Crippen LogP contribution in [0, 0.1) is 42.1 Å². The van der Waals surface area contributed by atoms with Crippen molar-refractivity contribution < 1.29 is 39.5 Å². The number of methoxy groups -OCH3 is 1. The highest BCUT2D eigenvalue weighted by Gasteiger charge is 2.52. The quantitative estimate of drug-likeness (QED) is 0.136. The summed E-state index contributed by atoms with van der Waals surface area (Å²) in [5.41, 5.74) is 5.78. The van der Waals surface area contributed by atoms with Crippen LogP contribution in [0.15, 0.2) is 69.8 Å². The molecular formula is C44H61F3N8O6S2. The summed E-state index contributed by atoms with van der Waals surface area (Å²) >= 11 is 0. The van der Waals surface area contributed by atoms with Crippen LogP contribution in [0.2, 0.25) is 0 Å². The third-order valence-electron chi connectivity index (χ3n) is 13.1. The van der Waals surface area contributed by atoms with Crippen LogP contribution < -0.4 is 11.1 Å². The Hall–Kier alpha value is -4.30. The van der Waals surface area contributed by atoms with Crippen molar-refractivity contribution in [3.05, 3.63) is 94.3 Å². The molecule has 63 heavy (non-hydrogen) atoms. The van der Waals surface area contributed by atoms with Crippen molar-refractivity contribution in [3.63, 3.8) is 0 Å². The molecule has 346 valence electrons. The van der Waals surface area contributed by atoms with E-state index < -0.39 is 58.7 Å². The summed E-state index contributed by atoms with van der Waals surface area (Å²) in [6, 6.07) is 7.97. The van der Waals surface area contributed by atoms with Crippen LogP contribution in [0.25, 0.3) is 0 Å². The number of hydrogen-bond acceptors (Lipinski definition) is 12. The molecule has 2 saturated heterocycles. The summed E-state index contributed by atoms with van der Waals surface area (Å²) in [5.74, 6) is -1.69. The number of imidazole rings is 1. The topological polar surface area (TPSA) is 173 Å². The van der Waals surface area contributed by atoms with E-state index in [0.717, 1.165) is 93.9 Å². The number of nitrogens with one attached hydrogen (secondary N) is 1. The van der Waals surface area contributed by atoms with Gasteiger partial charge in [-0.2, -0.15) is 0 Å². The minimum absolute atomic E-state index is 0.00867. The Labute approximate surface area is 369 Å². The number of benzene rings is 2. The second-order valence-electron chi connectivity index (χ2n) is 17.7. The molecule has 3 N–H and O–H groups in total. The lowest BCUT2D eigenvalue weighted by Gasteiger charge is -2.52. The molecule has 3 aromatic rings. The fraction of sp³-hybridized carbons (Fsp3) is 0.568. The summed E-state index contributed by atoms with van der Waals surface area (Å²) < 4.78 is 104. The highest BCUT2D eigenvalue weighted by Crippen LogP contribution is 2.52. The van der Waals surface area contributed by atoms with Gasteiger partial charge < -0.3 is 30.2 Å². The predicted octanol–water partition coefficient (Wildman–Crippen LogP) is 4.53. The van der Waals surface area contributed by atoms with Gasteiger partial charge in [0.05, 0.1) is 24.3 Å². The van der Waals surface area contributed by atoms with Crippen molar-refractivity contribution in [2.75, 3.05) is 72.5 Å². The van der Waals surface area contributed by atoms with Gasteiger partial charge in [-0.1, -0.05) is 18.6 Å². The molecule has 0 bridgehead atoms. The molecule has 19 heteroatoms. The molecule has 1 aromatic heterocycles. The molecule has 3 heterocycles. The third kappa shape index (κ3) is 11.2. The van der Waals surface area contributed by atoms with Gasteiger partial charge in [-0.15, -0.1) is 0 Å². The van der Waals surface area contributed by atoms with Crippen molar-refractivity contribution in [1.29, 1.82) is 0 Å². The number of carbonyl (C=O) groups excluding carboxylic acids is 1. The van der Waals surface area contributed by atoms with E-state index in [1.807, 2.05) is 24.1 Å². The smallest absolute Gasteiger partial charge is 0.407 e. The highest BCUT2D eigenvalue weighted by molar-refractivity contribution is 7.96. The first-order chi connectivity index (χ1) is 29.9. The average molecular weight is 919 g/mol. The molecule has 1 unspecified atom stereocenters. The lowest BCUT2D eigenvalue weighted by Crippen LogP contribution is -2.59. The number of amides is 1. The molecule has 0 radical (unpaired) electrons. The Morgan fingerprint density at radius 3 is 2.44 bits per heavy atom. The summed E-state index contributed by atoms with van der Waals surface area (Å²) in [6.45, 7) is 5.96. The molecule has 6 rings (SSSR count). The SMILES string of the molecule is COC(=O)N[C@H]1CCC[C@@H]1[C@](Cn1ccnc1C)(c1cccc(F)c1)C1CCN(CC2CN(C(CN=C/C(=C\N)S(=O)(=O)c3ccc(F)c(F)c3CN(C)C)CS(C)(=O)=O)C2)CC1. The summed E-state index contributed by atoms with van der Waals surface area (Å²) in [7, 11) is -3.32. The molecule has 1 aliphatic carbocycles. The first-order valence-corrected chi connectivity index (χ1v) is 24.9. The van der Waals surface area contributed by atoms with Crippen molar-refractivity contribution in [2.45, 2.75) is 74.5 Å². The molecule has 2 aliphatic heterocycles. The minimum atomic E-state index is -4.42. The standard InChI is InChI=1S/C44H61F3N8O6S2/c1-30-50-16-19-54(30)29-44(33-8-6-9-34(45)20-33,38-10-7-11-40(38)51-43(56)61-4)32-14-17-53(18-15-32)24-31-25-55(26-31)35(28-62(5,57)58)22-49-23-36(21-48)63(59,60)41-13-12-39(46)42(47)37(41)27-52(2)3/h6,8-9,12-13,16,19-21,23,31-32,35,38,40H,7,10-11,14-15,17-18,22,24-29,48H2,1-5H3,(H,51,56)/b36-21+,49-23?/t35?,38-,40-,44-/m0/s1. The van der Waals surface area contributed by atoms with E-state index in [1.165, 1.54) is 18.1 Å². The Morgan fingerprint density at radius 2 is 1.83 bits per heavy atom. The fourth-order valence-electron chi connectivity index (χ4n) is 10.2. The van der Waals surface area contributed by atoms with Gasteiger partial charge in [0.25, 0.3) is 0 Å². The maximum absolute atomic E-state index is 15.2. The maximum Gasteiger partial charge on any atom is 0.407 e. The summed E-state index contributed by atoms with van der Waals surface area (Å²) in [5, 5.41) is 3.12. The molecule has 4 atom stereocenters. The normalized spacial score (nSPS) is 21.4. The first-order valence-electron chi connectivity index (χ1n) is 21.4. The summed E-state index contributed by atoms with van der Waals surface area (Å²) in [4.78, 5) is 26.6. The Morgan fingerprint density at radius 1 is 1.10 bits per heavy atom. The molecule has 0 spiro atoms. The van der Waals surface area contributed by atoms with Gasteiger partial charge in [0.15, 0.2) is 11.6 Å². The number of likely N-dealkylation sites (tertiary alicyclic amines) is 2. The van der Waals surface area contributed by atoms with Crippen LogP contribution in [0.4, 0.5) is 18.0 Å². The maximum atomic E-state index is 15.2. The highest BCUT2D eigenvalue weighted by atomic mass is 32.2. The number of sulfone groups is 2. The largest absolute Gasteiger partial charge is 0.453 e. The van der Waals surface area contributed by atoms with Gasteiger partial charge in [0.1, 0.15) is 26.4 Å². The number of aliphatic imine (C=N–C) groups is 1. The zero-order valence-electron chi connectivity index (χ0n) is 36.7. The number of carbonyl (C=O) groups is 1. The fourth-order valence-corrected chi connectivity index (χ4v) is 12.6. The third-order valence-corrected chi connectivity index (χ3v) is 16.0. The monoisotopic (exact) mass is 918 g/mol. The molecule has 14 nitrogen and oxygen atoms in total. The molecular weight excluding hydrogens is 858 g/mol. The van der Waals surface area contributed by atoms with E-state index in [-0.39, 0.29) is 54.0 Å². The number of hydrogen-bond donors (Lipinski definition) is 2. The van der Waals surface area contributed by atoms with Crippen molar-refractivity contribution in [3.8, 4) is 0 Å².